The fourth-order valence-electron chi connectivity index (χ4n) is 2.12. The average molecular weight is 363 g/mol. The Balaban J connectivity index is 0.00000162. The minimum absolute atomic E-state index is 0. The average Bonchev–Trinajstić information content (AvgIpc) is 2.76. The first kappa shape index (κ1) is 15.3. The van der Waals surface area contributed by atoms with Crippen LogP contribution >= 0.6 is 24.0 Å². The molecule has 1 fully saturated rings. The van der Waals surface area contributed by atoms with Gasteiger partial charge in [0.15, 0.2) is 5.96 Å². The third-order valence-corrected chi connectivity index (χ3v) is 3.11. The van der Waals surface area contributed by atoms with Crippen molar-refractivity contribution < 1.29 is 0 Å². The first-order valence-corrected chi connectivity index (χ1v) is 6.28. The summed E-state index contributed by atoms with van der Waals surface area (Å²) in [6.45, 7) is 2.86. The minimum Gasteiger partial charge on any atom is -0.370 e. The Morgan fingerprint density at radius 1 is 1.39 bits per heavy atom. The molecule has 1 saturated heterocycles. The maximum absolute atomic E-state index is 5.97. The van der Waals surface area contributed by atoms with Gasteiger partial charge in [0.05, 0.1) is 6.20 Å². The topological polar surface area (TPSA) is 59.4 Å². The van der Waals surface area contributed by atoms with Gasteiger partial charge in [0, 0.05) is 32.9 Å². The van der Waals surface area contributed by atoms with E-state index in [4.69, 9.17) is 5.73 Å². The quantitative estimate of drug-likeness (QED) is 0.502. The Morgan fingerprint density at radius 2 is 2.11 bits per heavy atom. The van der Waals surface area contributed by atoms with E-state index in [1.165, 1.54) is 24.8 Å². The number of hydrogen-bond donors (Lipinski definition) is 1. The lowest BCUT2D eigenvalue weighted by molar-refractivity contribution is 0.338. The summed E-state index contributed by atoms with van der Waals surface area (Å²) < 4.78 is 1.81. The molecule has 2 N–H and O–H groups in total. The number of nitrogens with two attached hydrogens (primary N) is 1. The third kappa shape index (κ3) is 4.47. The number of piperidine rings is 1. The fourth-order valence-corrected chi connectivity index (χ4v) is 2.12. The molecule has 0 aromatic carbocycles. The van der Waals surface area contributed by atoms with Crippen molar-refractivity contribution in [3.05, 3.63) is 18.0 Å². The van der Waals surface area contributed by atoms with Crippen LogP contribution < -0.4 is 5.73 Å². The molecule has 2 heterocycles. The molecule has 0 bridgehead atoms. The number of aromatic nitrogens is 2. The first-order chi connectivity index (χ1) is 8.25. The van der Waals surface area contributed by atoms with Crippen LogP contribution in [0.25, 0.3) is 0 Å². The molecule has 0 amide bonds. The van der Waals surface area contributed by atoms with Crippen LogP contribution in [0.4, 0.5) is 0 Å². The Kier molecular flexibility index (Phi) is 6.45. The van der Waals surface area contributed by atoms with Crippen LogP contribution in [0.2, 0.25) is 0 Å². The summed E-state index contributed by atoms with van der Waals surface area (Å²) in [6.07, 6.45) is 8.60. The van der Waals surface area contributed by atoms with Gasteiger partial charge in [-0.15, -0.1) is 24.0 Å². The molecule has 0 atom stereocenters. The lowest BCUT2D eigenvalue weighted by Crippen LogP contribution is -2.41. The van der Waals surface area contributed by atoms with Crippen molar-refractivity contribution in [2.24, 2.45) is 17.8 Å². The van der Waals surface area contributed by atoms with E-state index < -0.39 is 0 Å². The standard InChI is InChI=1S/C12H21N5.HI/c1-16-10-11(9-15-16)5-6-14-12(13)17-7-3-2-4-8-17;/h9-10H,2-8H2,1H3,(H2,13,14);1H. The summed E-state index contributed by atoms with van der Waals surface area (Å²) in [5.41, 5.74) is 7.18. The second kappa shape index (κ2) is 7.60. The number of rotatable bonds is 3. The highest BCUT2D eigenvalue weighted by molar-refractivity contribution is 14.0. The zero-order valence-corrected chi connectivity index (χ0v) is 13.2. The van der Waals surface area contributed by atoms with Crippen LogP contribution in [-0.4, -0.2) is 40.3 Å². The Morgan fingerprint density at radius 3 is 2.72 bits per heavy atom. The highest BCUT2D eigenvalue weighted by Gasteiger charge is 2.11. The summed E-state index contributed by atoms with van der Waals surface area (Å²) in [7, 11) is 1.93. The number of nitrogens with zero attached hydrogens (tertiary/aromatic N) is 4. The fraction of sp³-hybridized carbons (Fsp3) is 0.667. The zero-order chi connectivity index (χ0) is 12.1. The van der Waals surface area contributed by atoms with Gasteiger partial charge in [-0.05, 0) is 31.2 Å². The number of likely N-dealkylation sites (tertiary alicyclic amines) is 1. The van der Waals surface area contributed by atoms with E-state index in [0.29, 0.717) is 5.96 Å². The lowest BCUT2D eigenvalue weighted by Gasteiger charge is -2.27. The van der Waals surface area contributed by atoms with Gasteiger partial charge in [0.1, 0.15) is 0 Å². The molecule has 0 aliphatic carbocycles. The molecule has 1 aliphatic rings. The summed E-state index contributed by atoms with van der Waals surface area (Å²) in [6, 6.07) is 0. The van der Waals surface area contributed by atoms with Crippen LogP contribution in [0.1, 0.15) is 24.8 Å². The highest BCUT2D eigenvalue weighted by atomic mass is 127. The Hall–Kier alpha value is -0.790. The summed E-state index contributed by atoms with van der Waals surface area (Å²) >= 11 is 0. The molecule has 18 heavy (non-hydrogen) atoms. The maximum Gasteiger partial charge on any atom is 0.191 e. The molecule has 0 spiro atoms. The Labute approximate surface area is 125 Å². The predicted molar refractivity (Wildman–Crippen MR) is 84.2 cm³/mol. The molecule has 1 aliphatic heterocycles. The second-order valence-corrected chi connectivity index (χ2v) is 4.56. The van der Waals surface area contributed by atoms with E-state index >= 15 is 0 Å². The second-order valence-electron chi connectivity index (χ2n) is 4.56. The number of aliphatic imine (C=N–C) groups is 1. The van der Waals surface area contributed by atoms with Crippen molar-refractivity contribution >= 4 is 29.9 Å². The van der Waals surface area contributed by atoms with Crippen LogP contribution in [0.15, 0.2) is 17.4 Å². The minimum atomic E-state index is 0. The molecule has 102 valence electrons. The predicted octanol–water partition coefficient (Wildman–Crippen LogP) is 1.38. The van der Waals surface area contributed by atoms with Crippen LogP contribution in [-0.2, 0) is 13.5 Å². The van der Waals surface area contributed by atoms with Gasteiger partial charge in [-0.3, -0.25) is 9.67 Å². The van der Waals surface area contributed by atoms with Crippen LogP contribution in [0.3, 0.4) is 0 Å². The highest BCUT2D eigenvalue weighted by Crippen LogP contribution is 2.08. The van der Waals surface area contributed by atoms with E-state index in [-0.39, 0.29) is 24.0 Å². The van der Waals surface area contributed by atoms with Gasteiger partial charge >= 0.3 is 0 Å². The van der Waals surface area contributed by atoms with Crippen molar-refractivity contribution in [1.29, 1.82) is 0 Å². The van der Waals surface area contributed by atoms with E-state index in [0.717, 1.165) is 26.1 Å². The molecule has 0 radical (unpaired) electrons. The lowest BCUT2D eigenvalue weighted by atomic mass is 10.1. The van der Waals surface area contributed by atoms with E-state index in [1.54, 1.807) is 0 Å². The number of guanidine groups is 1. The summed E-state index contributed by atoms with van der Waals surface area (Å²) in [5, 5.41) is 4.13. The third-order valence-electron chi connectivity index (χ3n) is 3.11. The van der Waals surface area contributed by atoms with E-state index in [9.17, 15) is 0 Å². The zero-order valence-electron chi connectivity index (χ0n) is 10.9. The first-order valence-electron chi connectivity index (χ1n) is 6.28. The normalized spacial score (nSPS) is 16.5. The molecule has 5 nitrogen and oxygen atoms in total. The van der Waals surface area contributed by atoms with Crippen molar-refractivity contribution in [2.75, 3.05) is 19.6 Å². The molecule has 2 rings (SSSR count). The van der Waals surface area contributed by atoms with Crippen LogP contribution in [0.5, 0.6) is 0 Å². The molecule has 1 aromatic heterocycles. The number of halogens is 1. The summed E-state index contributed by atoms with van der Waals surface area (Å²) in [4.78, 5) is 6.62. The smallest absolute Gasteiger partial charge is 0.191 e. The van der Waals surface area contributed by atoms with Crippen molar-refractivity contribution in [1.82, 2.24) is 14.7 Å². The van der Waals surface area contributed by atoms with Gasteiger partial charge in [-0.25, -0.2) is 0 Å². The largest absolute Gasteiger partial charge is 0.370 e. The van der Waals surface area contributed by atoms with Gasteiger partial charge < -0.3 is 10.6 Å². The Bertz CT molecular complexity index is 382. The monoisotopic (exact) mass is 363 g/mol. The number of hydrogen-bond acceptors (Lipinski definition) is 2. The van der Waals surface area contributed by atoms with Crippen molar-refractivity contribution in [3.8, 4) is 0 Å². The van der Waals surface area contributed by atoms with Gasteiger partial charge in [-0.1, -0.05) is 0 Å². The van der Waals surface area contributed by atoms with Crippen molar-refractivity contribution in [3.63, 3.8) is 0 Å². The van der Waals surface area contributed by atoms with Gasteiger partial charge in [0.2, 0.25) is 0 Å². The number of aryl methyl sites for hydroxylation is 1. The SMILES string of the molecule is Cn1cc(CCN=C(N)N2CCCCC2)cn1.I. The molecular formula is C12H22IN5. The van der Waals surface area contributed by atoms with E-state index in [1.807, 2.05) is 24.1 Å². The van der Waals surface area contributed by atoms with Crippen molar-refractivity contribution in [2.45, 2.75) is 25.7 Å². The molecular weight excluding hydrogens is 341 g/mol. The molecule has 0 unspecified atom stereocenters. The molecule has 0 saturated carbocycles. The maximum atomic E-state index is 5.97. The van der Waals surface area contributed by atoms with Crippen LogP contribution in [0, 0.1) is 0 Å². The molecule has 1 aromatic rings. The summed E-state index contributed by atoms with van der Waals surface area (Å²) in [5.74, 6) is 0.702. The molecule has 6 heteroatoms. The van der Waals surface area contributed by atoms with E-state index in [2.05, 4.69) is 15.0 Å². The van der Waals surface area contributed by atoms with Gasteiger partial charge in [0.25, 0.3) is 0 Å². The van der Waals surface area contributed by atoms with Gasteiger partial charge in [-0.2, -0.15) is 5.10 Å².